The maximum absolute atomic E-state index is 11.8. The smallest absolute Gasteiger partial charge is 0.407 e. The van der Waals surface area contributed by atoms with Crippen LogP contribution < -0.4 is 15.4 Å². The van der Waals surface area contributed by atoms with Gasteiger partial charge in [0.15, 0.2) is 5.75 Å². The van der Waals surface area contributed by atoms with E-state index < -0.39 is 6.09 Å². The maximum atomic E-state index is 11.8. The summed E-state index contributed by atoms with van der Waals surface area (Å²) in [6.45, 7) is -0.188. The molecule has 0 unspecified atom stereocenters. The zero-order valence-electron chi connectivity index (χ0n) is 12.0. The summed E-state index contributed by atoms with van der Waals surface area (Å²) >= 11 is 0. The van der Waals surface area contributed by atoms with Gasteiger partial charge in [0.05, 0.1) is 12.8 Å². The van der Waals surface area contributed by atoms with Gasteiger partial charge in [0.2, 0.25) is 5.91 Å². The average Bonchev–Trinajstić information content (AvgIpc) is 2.55. The van der Waals surface area contributed by atoms with Crippen LogP contribution in [0.3, 0.4) is 0 Å². The van der Waals surface area contributed by atoms with Crippen LogP contribution in [0.25, 0.3) is 0 Å². The van der Waals surface area contributed by atoms with Gasteiger partial charge in [-0.15, -0.1) is 0 Å². The van der Waals surface area contributed by atoms with Crippen molar-refractivity contribution in [2.45, 2.75) is 0 Å². The van der Waals surface area contributed by atoms with Crippen LogP contribution in [0.15, 0.2) is 54.6 Å². The lowest BCUT2D eigenvalue weighted by Gasteiger charge is -2.12. The third kappa shape index (κ3) is 4.52. The van der Waals surface area contributed by atoms with Crippen molar-refractivity contribution in [3.05, 3.63) is 54.6 Å². The zero-order valence-corrected chi connectivity index (χ0v) is 12.0. The molecule has 114 valence electrons. The van der Waals surface area contributed by atoms with E-state index in [0.29, 0.717) is 17.2 Å². The topological polar surface area (TPSA) is 76.7 Å². The first-order valence-corrected chi connectivity index (χ1v) is 6.62. The summed E-state index contributed by atoms with van der Waals surface area (Å²) in [5.41, 5.74) is 0.517. The highest BCUT2D eigenvalue weighted by atomic mass is 16.5. The fraction of sp³-hybridized carbons (Fsp3) is 0.125. The fourth-order valence-electron chi connectivity index (χ4n) is 1.69. The minimum atomic E-state index is -0.663. The van der Waals surface area contributed by atoms with Crippen LogP contribution in [0.1, 0.15) is 0 Å². The number of nitrogens with one attached hydrogen (secondary N) is 2. The molecule has 0 spiro atoms. The van der Waals surface area contributed by atoms with Gasteiger partial charge in [-0.1, -0.05) is 30.3 Å². The summed E-state index contributed by atoms with van der Waals surface area (Å²) in [6, 6.07) is 16.3. The SMILES string of the molecule is COC(=O)NCC(=O)Nc1ccccc1Oc1ccccc1. The number of para-hydroxylation sites is 3. The second kappa shape index (κ2) is 7.68. The molecule has 2 aromatic rings. The Balaban J connectivity index is 2.02. The minimum Gasteiger partial charge on any atom is -0.455 e. The molecule has 2 aromatic carbocycles. The van der Waals surface area contributed by atoms with E-state index >= 15 is 0 Å². The number of alkyl carbamates (subject to hydrolysis) is 1. The van der Waals surface area contributed by atoms with Gasteiger partial charge in [-0.05, 0) is 24.3 Å². The van der Waals surface area contributed by atoms with Gasteiger partial charge in [0, 0.05) is 0 Å². The lowest BCUT2D eigenvalue weighted by molar-refractivity contribution is -0.115. The molecule has 0 heterocycles. The third-order valence-corrected chi connectivity index (χ3v) is 2.71. The maximum Gasteiger partial charge on any atom is 0.407 e. The first-order valence-electron chi connectivity index (χ1n) is 6.62. The summed E-state index contributed by atoms with van der Waals surface area (Å²) in [7, 11) is 1.23. The molecule has 0 aromatic heterocycles. The highest BCUT2D eigenvalue weighted by Crippen LogP contribution is 2.28. The number of rotatable bonds is 5. The van der Waals surface area contributed by atoms with Crippen molar-refractivity contribution < 1.29 is 19.1 Å². The molecule has 0 saturated carbocycles. The van der Waals surface area contributed by atoms with Gasteiger partial charge in [-0.2, -0.15) is 0 Å². The highest BCUT2D eigenvalue weighted by molar-refractivity contribution is 5.95. The first kappa shape index (κ1) is 15.4. The number of amides is 2. The fourth-order valence-corrected chi connectivity index (χ4v) is 1.69. The van der Waals surface area contributed by atoms with Crippen LogP contribution in [0.4, 0.5) is 10.5 Å². The molecule has 0 radical (unpaired) electrons. The van der Waals surface area contributed by atoms with E-state index in [1.54, 1.807) is 24.3 Å². The second-order valence-corrected chi connectivity index (χ2v) is 4.30. The van der Waals surface area contributed by atoms with Gasteiger partial charge in [0.1, 0.15) is 12.3 Å². The molecule has 6 nitrogen and oxygen atoms in total. The molecule has 0 aliphatic heterocycles. The van der Waals surface area contributed by atoms with Crippen LogP contribution in [-0.2, 0) is 9.53 Å². The van der Waals surface area contributed by atoms with E-state index in [4.69, 9.17) is 4.74 Å². The number of ether oxygens (including phenoxy) is 2. The largest absolute Gasteiger partial charge is 0.455 e. The Bertz CT molecular complexity index is 644. The van der Waals surface area contributed by atoms with Gasteiger partial charge in [-0.25, -0.2) is 4.79 Å². The molecule has 2 rings (SSSR count). The van der Waals surface area contributed by atoms with Crippen molar-refractivity contribution in [1.29, 1.82) is 0 Å². The summed E-state index contributed by atoms with van der Waals surface area (Å²) in [5, 5.41) is 4.98. The Labute approximate surface area is 128 Å². The molecule has 0 fully saturated rings. The van der Waals surface area contributed by atoms with Crippen molar-refractivity contribution in [1.82, 2.24) is 5.32 Å². The molecule has 0 bridgehead atoms. The van der Waals surface area contributed by atoms with Crippen molar-refractivity contribution in [2.24, 2.45) is 0 Å². The van der Waals surface area contributed by atoms with Gasteiger partial charge >= 0.3 is 6.09 Å². The number of methoxy groups -OCH3 is 1. The number of carbonyl (C=O) groups is 2. The molecule has 0 aliphatic carbocycles. The highest BCUT2D eigenvalue weighted by Gasteiger charge is 2.09. The predicted molar refractivity (Wildman–Crippen MR) is 82.0 cm³/mol. The predicted octanol–water partition coefficient (Wildman–Crippen LogP) is 2.77. The Morgan fingerprint density at radius 3 is 2.41 bits per heavy atom. The molecular formula is C16H16N2O4. The van der Waals surface area contributed by atoms with Crippen molar-refractivity contribution in [3.8, 4) is 11.5 Å². The molecule has 0 atom stereocenters. The lowest BCUT2D eigenvalue weighted by Crippen LogP contribution is -2.32. The van der Waals surface area contributed by atoms with E-state index in [1.165, 1.54) is 7.11 Å². The Morgan fingerprint density at radius 2 is 1.68 bits per heavy atom. The first-order chi connectivity index (χ1) is 10.7. The molecule has 6 heteroatoms. The zero-order chi connectivity index (χ0) is 15.8. The Kier molecular flexibility index (Phi) is 5.37. The van der Waals surface area contributed by atoms with Crippen LogP contribution in [0.5, 0.6) is 11.5 Å². The Morgan fingerprint density at radius 1 is 1.00 bits per heavy atom. The molecule has 0 aliphatic rings. The van der Waals surface area contributed by atoms with Crippen molar-refractivity contribution >= 4 is 17.7 Å². The number of hydrogen-bond acceptors (Lipinski definition) is 4. The summed E-state index contributed by atoms with van der Waals surface area (Å²) in [4.78, 5) is 22.7. The van der Waals surface area contributed by atoms with Crippen molar-refractivity contribution in [3.63, 3.8) is 0 Å². The van der Waals surface area contributed by atoms with Crippen LogP contribution in [0.2, 0.25) is 0 Å². The van der Waals surface area contributed by atoms with E-state index in [1.807, 2.05) is 30.3 Å². The number of benzene rings is 2. The minimum absolute atomic E-state index is 0.188. The normalized spacial score (nSPS) is 9.68. The molecular weight excluding hydrogens is 284 g/mol. The summed E-state index contributed by atoms with van der Waals surface area (Å²) in [6.07, 6.45) is -0.663. The second-order valence-electron chi connectivity index (χ2n) is 4.30. The lowest BCUT2D eigenvalue weighted by atomic mass is 10.3. The van der Waals surface area contributed by atoms with E-state index in [-0.39, 0.29) is 12.5 Å². The quantitative estimate of drug-likeness (QED) is 0.890. The number of hydrogen-bond donors (Lipinski definition) is 2. The van der Waals surface area contributed by atoms with E-state index in [2.05, 4.69) is 15.4 Å². The van der Waals surface area contributed by atoms with Crippen molar-refractivity contribution in [2.75, 3.05) is 19.0 Å². The van der Waals surface area contributed by atoms with Gasteiger partial charge < -0.3 is 20.1 Å². The average molecular weight is 300 g/mol. The number of anilines is 1. The molecule has 2 N–H and O–H groups in total. The number of carbonyl (C=O) groups excluding carboxylic acids is 2. The molecule has 0 saturated heterocycles. The van der Waals surface area contributed by atoms with Crippen LogP contribution in [0, 0.1) is 0 Å². The monoisotopic (exact) mass is 300 g/mol. The van der Waals surface area contributed by atoms with E-state index in [9.17, 15) is 9.59 Å². The molecule has 22 heavy (non-hydrogen) atoms. The standard InChI is InChI=1S/C16H16N2O4/c1-21-16(20)17-11-15(19)18-13-9-5-6-10-14(13)22-12-7-3-2-4-8-12/h2-10H,11H2,1H3,(H,17,20)(H,18,19). The van der Waals surface area contributed by atoms with Gasteiger partial charge in [-0.3, -0.25) is 4.79 Å². The van der Waals surface area contributed by atoms with Crippen LogP contribution >= 0.6 is 0 Å². The van der Waals surface area contributed by atoms with E-state index in [0.717, 1.165) is 0 Å². The Hall–Kier alpha value is -3.02. The van der Waals surface area contributed by atoms with Gasteiger partial charge in [0.25, 0.3) is 0 Å². The molecule has 2 amide bonds. The summed E-state index contributed by atoms with van der Waals surface area (Å²) in [5.74, 6) is 0.798. The van der Waals surface area contributed by atoms with Crippen LogP contribution in [-0.4, -0.2) is 25.7 Å². The summed E-state index contributed by atoms with van der Waals surface area (Å²) < 4.78 is 10.1. The third-order valence-electron chi connectivity index (χ3n) is 2.71.